The predicted octanol–water partition coefficient (Wildman–Crippen LogP) is 1.17. The van der Waals surface area contributed by atoms with E-state index < -0.39 is 0 Å². The summed E-state index contributed by atoms with van der Waals surface area (Å²) in [5.74, 6) is 0.277. The zero-order valence-electron chi connectivity index (χ0n) is 12.2. The molecular formula is C13H26N2O3. The van der Waals surface area contributed by atoms with Gasteiger partial charge in [0.1, 0.15) is 5.60 Å². The molecule has 1 rings (SSSR count). The number of ether oxygens (including phenoxy) is 1. The van der Waals surface area contributed by atoms with Gasteiger partial charge in [0.25, 0.3) is 6.47 Å². The van der Waals surface area contributed by atoms with Crippen LogP contribution < -0.4 is 5.32 Å². The highest BCUT2D eigenvalue weighted by Gasteiger charge is 2.20. The van der Waals surface area contributed by atoms with Gasteiger partial charge in [0.15, 0.2) is 0 Å². The van der Waals surface area contributed by atoms with Crippen molar-refractivity contribution in [2.75, 3.05) is 19.6 Å². The molecule has 1 saturated heterocycles. The van der Waals surface area contributed by atoms with Gasteiger partial charge in [0.05, 0.1) is 0 Å². The summed E-state index contributed by atoms with van der Waals surface area (Å²) in [6.45, 7) is 12.7. The number of carbonyl (C=O) groups is 2. The van der Waals surface area contributed by atoms with Crippen LogP contribution in [0, 0.1) is 0 Å². The average molecular weight is 258 g/mol. The first kappa shape index (κ1) is 16.9. The van der Waals surface area contributed by atoms with Crippen LogP contribution in [0.5, 0.6) is 0 Å². The third-order valence-electron chi connectivity index (χ3n) is 2.53. The minimum atomic E-state index is -0.318. The largest absolute Gasteiger partial charge is 0.462 e. The number of piperazine rings is 1. The molecule has 1 atom stereocenters. The quantitative estimate of drug-likeness (QED) is 0.756. The van der Waals surface area contributed by atoms with Crippen molar-refractivity contribution in [3.8, 4) is 0 Å². The monoisotopic (exact) mass is 258 g/mol. The third-order valence-corrected chi connectivity index (χ3v) is 2.53. The van der Waals surface area contributed by atoms with E-state index in [9.17, 15) is 9.59 Å². The maximum atomic E-state index is 11.3. The van der Waals surface area contributed by atoms with Crippen molar-refractivity contribution in [2.45, 2.75) is 52.7 Å². The fraction of sp³-hybridized carbons (Fsp3) is 0.846. The SMILES string of the molecule is CC(C)(C)OC=O.CCC(=O)N1CCNC[C@H]1C. The molecule has 0 unspecified atom stereocenters. The molecule has 1 amide bonds. The number of nitrogens with one attached hydrogen (secondary N) is 1. The smallest absolute Gasteiger partial charge is 0.293 e. The maximum absolute atomic E-state index is 11.3. The highest BCUT2D eigenvalue weighted by Crippen LogP contribution is 2.04. The molecule has 1 aliphatic rings. The molecule has 106 valence electrons. The van der Waals surface area contributed by atoms with Crippen molar-refractivity contribution in [2.24, 2.45) is 0 Å². The molecule has 5 nitrogen and oxygen atoms in total. The zero-order valence-corrected chi connectivity index (χ0v) is 12.2. The summed E-state index contributed by atoms with van der Waals surface area (Å²) in [6.07, 6.45) is 0.629. The van der Waals surface area contributed by atoms with E-state index in [2.05, 4.69) is 17.0 Å². The predicted molar refractivity (Wildman–Crippen MR) is 71.2 cm³/mol. The summed E-state index contributed by atoms with van der Waals surface area (Å²) in [5.41, 5.74) is -0.318. The molecule has 5 heteroatoms. The normalized spacial score (nSPS) is 19.6. The van der Waals surface area contributed by atoms with Crippen molar-refractivity contribution in [1.29, 1.82) is 0 Å². The molecule has 1 aliphatic heterocycles. The van der Waals surface area contributed by atoms with Gasteiger partial charge in [-0.2, -0.15) is 0 Å². The van der Waals surface area contributed by atoms with Gasteiger partial charge in [-0.05, 0) is 27.7 Å². The summed E-state index contributed by atoms with van der Waals surface area (Å²) in [6, 6.07) is 0.371. The number of rotatable bonds is 2. The molecule has 18 heavy (non-hydrogen) atoms. The molecule has 1 N–H and O–H groups in total. The highest BCUT2D eigenvalue weighted by atomic mass is 16.5. The van der Waals surface area contributed by atoms with Crippen molar-refractivity contribution in [1.82, 2.24) is 10.2 Å². The number of nitrogens with zero attached hydrogens (tertiary/aromatic N) is 1. The van der Waals surface area contributed by atoms with Gasteiger partial charge >= 0.3 is 0 Å². The molecule has 1 heterocycles. The molecule has 0 aromatic rings. The Hall–Kier alpha value is -1.10. The number of hydrogen-bond acceptors (Lipinski definition) is 4. The topological polar surface area (TPSA) is 58.6 Å². The summed E-state index contributed by atoms with van der Waals surface area (Å²) in [7, 11) is 0. The number of hydrogen-bond donors (Lipinski definition) is 1. The Bertz CT molecular complexity index is 261. The van der Waals surface area contributed by atoms with E-state index in [0.717, 1.165) is 19.6 Å². The maximum Gasteiger partial charge on any atom is 0.293 e. The lowest BCUT2D eigenvalue weighted by atomic mass is 10.2. The average Bonchev–Trinajstić information content (AvgIpc) is 2.28. The Balaban J connectivity index is 0.000000360. The standard InChI is InChI=1S/C8H16N2O.C5H10O2/c1-3-8(11)10-5-4-9-6-7(10)2;1-5(2,3)7-4-6/h7,9H,3-6H2,1-2H3;4H,1-3H3/t7-;/m1./s1. The van der Waals surface area contributed by atoms with E-state index >= 15 is 0 Å². The van der Waals surface area contributed by atoms with Crippen LogP contribution in [-0.4, -0.2) is 48.6 Å². The van der Waals surface area contributed by atoms with Crippen molar-refractivity contribution < 1.29 is 14.3 Å². The fourth-order valence-corrected chi connectivity index (χ4v) is 1.56. The molecule has 0 radical (unpaired) electrons. The van der Waals surface area contributed by atoms with Crippen LogP contribution in [0.15, 0.2) is 0 Å². The van der Waals surface area contributed by atoms with Gasteiger partial charge in [0.2, 0.25) is 5.91 Å². The lowest BCUT2D eigenvalue weighted by Crippen LogP contribution is -2.52. The van der Waals surface area contributed by atoms with Gasteiger partial charge in [-0.3, -0.25) is 9.59 Å². The van der Waals surface area contributed by atoms with Gasteiger partial charge in [-0.1, -0.05) is 6.92 Å². The summed E-state index contributed by atoms with van der Waals surface area (Å²) >= 11 is 0. The Kier molecular flexibility index (Phi) is 7.59. The van der Waals surface area contributed by atoms with Crippen molar-refractivity contribution in [3.63, 3.8) is 0 Å². The fourth-order valence-electron chi connectivity index (χ4n) is 1.56. The van der Waals surface area contributed by atoms with Gasteiger partial charge in [0, 0.05) is 32.1 Å². The molecule has 0 aromatic carbocycles. The number of amides is 1. The van der Waals surface area contributed by atoms with Crippen LogP contribution >= 0.6 is 0 Å². The number of carbonyl (C=O) groups excluding carboxylic acids is 2. The van der Waals surface area contributed by atoms with E-state index in [1.807, 2.05) is 32.6 Å². The van der Waals surface area contributed by atoms with E-state index in [-0.39, 0.29) is 11.5 Å². The van der Waals surface area contributed by atoms with E-state index in [1.165, 1.54) is 0 Å². The van der Waals surface area contributed by atoms with Crippen LogP contribution in [0.4, 0.5) is 0 Å². The second-order valence-corrected chi connectivity index (χ2v) is 5.32. The van der Waals surface area contributed by atoms with Crippen LogP contribution in [0.1, 0.15) is 41.0 Å². The van der Waals surface area contributed by atoms with Crippen LogP contribution in [0.3, 0.4) is 0 Å². The first-order chi connectivity index (χ1) is 8.31. The highest BCUT2D eigenvalue weighted by molar-refractivity contribution is 5.76. The van der Waals surface area contributed by atoms with E-state index in [4.69, 9.17) is 0 Å². The summed E-state index contributed by atoms with van der Waals surface area (Å²) in [4.78, 5) is 22.8. The van der Waals surface area contributed by atoms with Gasteiger partial charge in [-0.25, -0.2) is 0 Å². The first-order valence-corrected chi connectivity index (χ1v) is 6.43. The van der Waals surface area contributed by atoms with Crippen molar-refractivity contribution >= 4 is 12.4 Å². The molecule has 0 bridgehead atoms. The first-order valence-electron chi connectivity index (χ1n) is 6.43. The second-order valence-electron chi connectivity index (χ2n) is 5.32. The van der Waals surface area contributed by atoms with Crippen molar-refractivity contribution in [3.05, 3.63) is 0 Å². The van der Waals surface area contributed by atoms with E-state index in [0.29, 0.717) is 18.9 Å². The summed E-state index contributed by atoms with van der Waals surface area (Å²) < 4.78 is 4.55. The Morgan fingerprint density at radius 3 is 2.44 bits per heavy atom. The van der Waals surface area contributed by atoms with Gasteiger partial charge in [-0.15, -0.1) is 0 Å². The molecule has 0 saturated carbocycles. The zero-order chi connectivity index (χ0) is 14.2. The molecule has 0 spiro atoms. The van der Waals surface area contributed by atoms with Crippen LogP contribution in [0.2, 0.25) is 0 Å². The third kappa shape index (κ3) is 7.27. The Labute approximate surface area is 110 Å². The van der Waals surface area contributed by atoms with Gasteiger partial charge < -0.3 is 15.0 Å². The summed E-state index contributed by atoms with van der Waals surface area (Å²) in [5, 5.41) is 3.25. The minimum Gasteiger partial charge on any atom is -0.462 e. The molecule has 0 aromatic heterocycles. The Morgan fingerprint density at radius 2 is 2.11 bits per heavy atom. The van der Waals surface area contributed by atoms with Crippen LogP contribution in [-0.2, 0) is 14.3 Å². The molecule has 0 aliphatic carbocycles. The lowest BCUT2D eigenvalue weighted by molar-refractivity contribution is -0.138. The van der Waals surface area contributed by atoms with Crippen LogP contribution in [0.25, 0.3) is 0 Å². The molecule has 1 fully saturated rings. The minimum absolute atomic E-state index is 0.277. The lowest BCUT2D eigenvalue weighted by Gasteiger charge is -2.33. The second kappa shape index (κ2) is 8.08. The molecular weight excluding hydrogens is 232 g/mol. The van der Waals surface area contributed by atoms with E-state index in [1.54, 1.807) is 0 Å². The Morgan fingerprint density at radius 1 is 1.50 bits per heavy atom.